The Balaban J connectivity index is 1.76. The Kier molecular flexibility index (Phi) is 13.7. The van der Waals surface area contributed by atoms with Gasteiger partial charge in [-0.15, -0.1) is 0 Å². The summed E-state index contributed by atoms with van der Waals surface area (Å²) in [6, 6.07) is 15.2. The van der Waals surface area contributed by atoms with Gasteiger partial charge in [0.2, 0.25) is 20.0 Å². The van der Waals surface area contributed by atoms with Crippen LogP contribution in [-0.2, 0) is 60.6 Å². The molecule has 1 fully saturated rings. The maximum absolute atomic E-state index is 15.2. The second-order valence-corrected chi connectivity index (χ2v) is 17.8. The molecule has 0 unspecified atom stereocenters. The molecule has 8 nitrogen and oxygen atoms in total. The second-order valence-electron chi connectivity index (χ2n) is 14.1. The van der Waals surface area contributed by atoms with E-state index in [-0.39, 0.29) is 62.4 Å². The smallest absolute Gasteiger partial charge is 0.505 e. The van der Waals surface area contributed by atoms with E-state index in [9.17, 15) is 52.7 Å². The van der Waals surface area contributed by atoms with Crippen molar-refractivity contribution in [1.82, 2.24) is 8.43 Å². The van der Waals surface area contributed by atoms with E-state index in [1.807, 2.05) is 0 Å². The van der Waals surface area contributed by atoms with Crippen molar-refractivity contribution >= 4 is 27.2 Å². The minimum Gasteiger partial charge on any atom is -0.505 e. The van der Waals surface area contributed by atoms with Gasteiger partial charge in [0.25, 0.3) is 5.95 Å². The zero-order valence-corrected chi connectivity index (χ0v) is 34.5. The summed E-state index contributed by atoms with van der Waals surface area (Å²) < 4.78 is 244. The minimum absolute atomic E-state index is 0.0824. The lowest BCUT2D eigenvalue weighted by Gasteiger charge is -2.29. The molecule has 65 heavy (non-hydrogen) atoms. The monoisotopic (exact) mass is 962 g/mol. The molecule has 0 amide bonds. The van der Waals surface area contributed by atoms with E-state index < -0.39 is 109 Å². The van der Waals surface area contributed by atoms with Crippen molar-refractivity contribution in [2.75, 3.05) is 6.61 Å². The van der Waals surface area contributed by atoms with Crippen LogP contribution in [0.4, 0.5) is 52.7 Å². The molecule has 0 spiro atoms. The molecule has 344 valence electrons. The lowest BCUT2D eigenvalue weighted by atomic mass is 9.95. The molecule has 0 aliphatic carbocycles. The molecule has 1 aliphatic rings. The first-order valence-electron chi connectivity index (χ1n) is 18.6. The Labute approximate surface area is 364 Å². The third-order valence-electron chi connectivity index (χ3n) is 9.75. The molecule has 0 bridgehead atoms. The number of rotatable bonds is 13. The largest absolute Gasteiger partial charge is 0.580 e. The maximum Gasteiger partial charge on any atom is 0.580 e. The topological polar surface area (TPSA) is 93.2 Å². The molecule has 5 aromatic rings. The Morgan fingerprint density at radius 3 is 1.22 bits per heavy atom. The highest BCUT2D eigenvalue weighted by Gasteiger charge is 2.64. The molecule has 1 aliphatic heterocycles. The lowest BCUT2D eigenvalue weighted by Crippen LogP contribution is -2.51. The summed E-state index contributed by atoms with van der Waals surface area (Å²) in [6.07, 6.45) is -20.3. The Morgan fingerprint density at radius 2 is 0.892 bits per heavy atom. The summed E-state index contributed by atoms with van der Waals surface area (Å²) in [4.78, 5) is -3.42. The number of halogens is 12. The highest BCUT2D eigenvalue weighted by atomic mass is 32.2. The van der Waals surface area contributed by atoms with Crippen LogP contribution in [-0.4, -0.2) is 39.1 Å². The van der Waals surface area contributed by atoms with Crippen LogP contribution >= 0.6 is 0 Å². The first-order chi connectivity index (χ1) is 30.2. The van der Waals surface area contributed by atoms with Crippen LogP contribution in [0, 0.1) is 0 Å². The van der Waals surface area contributed by atoms with Gasteiger partial charge in [-0.1, -0.05) is 104 Å². The number of sulfonamides is 2. The molecular weight excluding hydrogens is 931 g/mol. The summed E-state index contributed by atoms with van der Waals surface area (Å²) in [7, 11) is -15.0. The third kappa shape index (κ3) is 10.7. The van der Waals surface area contributed by atoms with E-state index in [4.69, 9.17) is 9.39 Å². The zero-order chi connectivity index (χ0) is 47.8. The zero-order valence-electron chi connectivity index (χ0n) is 32.8. The Hall–Kier alpha value is -5.78. The van der Waals surface area contributed by atoms with Crippen LogP contribution in [0.25, 0.3) is 0 Å². The summed E-state index contributed by atoms with van der Waals surface area (Å²) in [5.41, 5.74) is -8.35. The predicted octanol–water partition coefficient (Wildman–Crippen LogP) is 11.2. The fraction of sp³-hybridized carbons (Fsp3) is 0.190. The Bertz CT molecular complexity index is 2540. The first kappa shape index (κ1) is 48.7. The fourth-order valence-corrected chi connectivity index (χ4v) is 10.3. The standard InChI is InChI=1S/C42H31BF12N2O6S2/c1-2-20-62-36(19-18-27-12-6-3-7-13-27)63-43-56(64(58,59)34-23-30(39(44,45)46)21-31(24-34)40(47,48)49)37(28-14-8-4-9-15-28)38(29-16-10-5-11-17-29)57(43)65(60,61)35-25-32(41(50,51)52)22-33(26-35)42(53,54)55/h2-17,19,21-26,37-38H,1,18,20H2/b36-19-/t37-,38-/m0/s1. The summed E-state index contributed by atoms with van der Waals surface area (Å²) in [6.45, 7) is 3.01. The average molecular weight is 963 g/mol. The quantitative estimate of drug-likeness (QED) is 0.0505. The van der Waals surface area contributed by atoms with Gasteiger partial charge in [0.1, 0.15) is 6.61 Å². The number of hydrogen-bond donors (Lipinski definition) is 0. The van der Waals surface area contributed by atoms with Crippen LogP contribution in [0.5, 0.6) is 0 Å². The molecule has 23 heteroatoms. The van der Waals surface area contributed by atoms with Crippen molar-refractivity contribution in [3.63, 3.8) is 0 Å². The maximum atomic E-state index is 15.2. The number of allylic oxidation sites excluding steroid dienone is 1. The number of ether oxygens (including phenoxy) is 1. The highest BCUT2D eigenvalue weighted by molar-refractivity contribution is 7.92. The van der Waals surface area contributed by atoms with Gasteiger partial charge in [0.15, 0.2) is 0 Å². The van der Waals surface area contributed by atoms with Gasteiger partial charge in [0.05, 0.1) is 44.1 Å². The van der Waals surface area contributed by atoms with Gasteiger partial charge in [-0.05, 0) is 65.6 Å². The summed E-state index contributed by atoms with van der Waals surface area (Å²) >= 11 is 0. The molecule has 0 aromatic heterocycles. The van der Waals surface area contributed by atoms with Crippen molar-refractivity contribution in [3.05, 3.63) is 191 Å². The third-order valence-corrected chi connectivity index (χ3v) is 13.3. The van der Waals surface area contributed by atoms with Crippen molar-refractivity contribution in [2.24, 2.45) is 0 Å². The molecular formula is C42H31BF12N2O6S2. The van der Waals surface area contributed by atoms with Crippen LogP contribution in [0.15, 0.2) is 162 Å². The van der Waals surface area contributed by atoms with Crippen LogP contribution in [0.3, 0.4) is 0 Å². The molecule has 6 rings (SSSR count). The SMILES string of the molecule is C=CCO/C(=C/Cc1ccccc1)OB1N(S(=O)(=O)c2cc(C(F)(F)F)cc(C(F)(F)F)c2)[C@@H](c2ccccc2)[C@H](c2ccccc2)N1S(=O)(=O)c1cc(C(F)(F)F)cc(C(F)(F)F)c1. The van der Waals surface area contributed by atoms with Crippen molar-refractivity contribution in [1.29, 1.82) is 0 Å². The minimum atomic E-state index is -6.02. The van der Waals surface area contributed by atoms with Crippen molar-refractivity contribution < 1.29 is 78.9 Å². The fourth-order valence-electron chi connectivity index (χ4n) is 6.86. The van der Waals surface area contributed by atoms with Crippen LogP contribution in [0.2, 0.25) is 0 Å². The van der Waals surface area contributed by atoms with Gasteiger partial charge in [-0.3, -0.25) is 0 Å². The van der Waals surface area contributed by atoms with Crippen LogP contribution in [0.1, 0.15) is 51.0 Å². The van der Waals surface area contributed by atoms with Gasteiger partial charge in [0, 0.05) is 0 Å². The van der Waals surface area contributed by atoms with Crippen molar-refractivity contribution in [2.45, 2.75) is 53.0 Å². The number of hydrogen-bond acceptors (Lipinski definition) is 6. The lowest BCUT2D eigenvalue weighted by molar-refractivity contribution is -0.145. The molecule has 2 atom stereocenters. The van der Waals surface area contributed by atoms with Gasteiger partial charge >= 0.3 is 31.9 Å². The second kappa shape index (κ2) is 18.2. The van der Waals surface area contributed by atoms with E-state index in [0.717, 1.165) is 12.2 Å². The van der Waals surface area contributed by atoms with E-state index in [1.165, 1.54) is 60.7 Å². The van der Waals surface area contributed by atoms with E-state index in [0.29, 0.717) is 5.56 Å². The van der Waals surface area contributed by atoms with E-state index in [1.54, 1.807) is 30.3 Å². The van der Waals surface area contributed by atoms with E-state index >= 15 is 16.8 Å². The normalized spacial score (nSPS) is 17.3. The molecule has 5 aromatic carbocycles. The van der Waals surface area contributed by atoms with Gasteiger partial charge < -0.3 is 9.39 Å². The first-order valence-corrected chi connectivity index (χ1v) is 21.5. The summed E-state index contributed by atoms with van der Waals surface area (Å²) in [5, 5.41) is 0. The highest BCUT2D eigenvalue weighted by Crippen LogP contribution is 2.52. The van der Waals surface area contributed by atoms with Crippen molar-refractivity contribution in [3.8, 4) is 0 Å². The van der Waals surface area contributed by atoms with Gasteiger partial charge in [-0.25, -0.2) is 16.8 Å². The number of nitrogens with zero attached hydrogens (tertiary/aromatic N) is 2. The Morgan fingerprint density at radius 1 is 0.554 bits per heavy atom. The van der Waals surface area contributed by atoms with Gasteiger partial charge in [-0.2, -0.15) is 61.1 Å². The molecule has 0 saturated carbocycles. The predicted molar refractivity (Wildman–Crippen MR) is 211 cm³/mol. The summed E-state index contributed by atoms with van der Waals surface area (Å²) in [5.74, 6) is -0.764. The van der Waals surface area contributed by atoms with Crippen LogP contribution < -0.4 is 0 Å². The molecule has 0 N–H and O–H groups in total. The average Bonchev–Trinajstić information content (AvgIpc) is 3.60. The molecule has 1 heterocycles. The van der Waals surface area contributed by atoms with E-state index in [2.05, 4.69) is 6.58 Å². The number of alkyl halides is 12. The number of benzene rings is 5. The molecule has 0 radical (unpaired) electrons. The molecule has 1 saturated heterocycles.